The Labute approximate surface area is 211 Å². The first-order valence-electron chi connectivity index (χ1n) is 11.6. The SMILES string of the molecule is CCC(=O)Cc1cccc(C#Cc2ccc(C(=O)N[C@@H](CNC(=O)OC(C)(C)C)C(=O)CO)cc2)c1. The van der Waals surface area contributed by atoms with Gasteiger partial charge in [-0.25, -0.2) is 4.79 Å². The van der Waals surface area contributed by atoms with Gasteiger partial charge in [0.2, 0.25) is 0 Å². The first-order valence-corrected chi connectivity index (χ1v) is 11.6. The quantitative estimate of drug-likeness (QED) is 0.463. The Bertz CT molecular complexity index is 1150. The summed E-state index contributed by atoms with van der Waals surface area (Å²) in [4.78, 5) is 48.2. The van der Waals surface area contributed by atoms with Crippen molar-refractivity contribution in [2.24, 2.45) is 0 Å². The van der Waals surface area contributed by atoms with Crippen LogP contribution >= 0.6 is 0 Å². The molecule has 8 heteroatoms. The molecule has 0 aliphatic rings. The maximum Gasteiger partial charge on any atom is 0.407 e. The average molecular weight is 493 g/mol. The second-order valence-corrected chi connectivity index (χ2v) is 9.13. The van der Waals surface area contributed by atoms with Gasteiger partial charge in [-0.3, -0.25) is 14.4 Å². The van der Waals surface area contributed by atoms with Crippen molar-refractivity contribution in [3.8, 4) is 11.8 Å². The topological polar surface area (TPSA) is 122 Å². The van der Waals surface area contributed by atoms with Gasteiger partial charge in [0.1, 0.15) is 24.0 Å². The Balaban J connectivity index is 2.03. The van der Waals surface area contributed by atoms with E-state index in [2.05, 4.69) is 22.5 Å². The molecular formula is C28H32N2O6. The summed E-state index contributed by atoms with van der Waals surface area (Å²) in [6.45, 7) is 5.92. The maximum atomic E-state index is 12.6. The lowest BCUT2D eigenvalue weighted by molar-refractivity contribution is -0.123. The van der Waals surface area contributed by atoms with E-state index >= 15 is 0 Å². The number of nitrogens with one attached hydrogen (secondary N) is 2. The molecule has 190 valence electrons. The van der Waals surface area contributed by atoms with E-state index in [9.17, 15) is 24.3 Å². The zero-order chi connectivity index (χ0) is 26.7. The van der Waals surface area contributed by atoms with Crippen molar-refractivity contribution < 1.29 is 29.0 Å². The summed E-state index contributed by atoms with van der Waals surface area (Å²) in [7, 11) is 0. The predicted molar refractivity (Wildman–Crippen MR) is 135 cm³/mol. The summed E-state index contributed by atoms with van der Waals surface area (Å²) >= 11 is 0. The molecule has 2 rings (SSSR count). The van der Waals surface area contributed by atoms with Crippen LogP contribution in [0.4, 0.5) is 4.79 Å². The van der Waals surface area contributed by atoms with Gasteiger partial charge in [0.05, 0.1) is 0 Å². The first kappa shape index (κ1) is 28.3. The summed E-state index contributed by atoms with van der Waals surface area (Å²) in [5.41, 5.74) is 1.94. The van der Waals surface area contributed by atoms with Crippen molar-refractivity contribution in [2.45, 2.75) is 52.2 Å². The molecule has 1 atom stereocenters. The largest absolute Gasteiger partial charge is 0.444 e. The molecule has 2 aromatic rings. The number of hydrogen-bond donors (Lipinski definition) is 3. The minimum atomic E-state index is -1.12. The van der Waals surface area contributed by atoms with Crippen LogP contribution in [0.25, 0.3) is 0 Å². The van der Waals surface area contributed by atoms with Gasteiger partial charge >= 0.3 is 6.09 Å². The highest BCUT2D eigenvalue weighted by Crippen LogP contribution is 2.09. The van der Waals surface area contributed by atoms with Crippen molar-refractivity contribution in [1.29, 1.82) is 0 Å². The summed E-state index contributed by atoms with van der Waals surface area (Å²) in [5, 5.41) is 14.2. The van der Waals surface area contributed by atoms with Gasteiger partial charge in [0.15, 0.2) is 5.78 Å². The molecule has 0 saturated heterocycles. The Morgan fingerprint density at radius 2 is 1.67 bits per heavy atom. The molecule has 0 bridgehead atoms. The second-order valence-electron chi connectivity index (χ2n) is 9.13. The summed E-state index contributed by atoms with van der Waals surface area (Å²) < 4.78 is 5.12. The third-order valence-electron chi connectivity index (χ3n) is 4.92. The summed E-state index contributed by atoms with van der Waals surface area (Å²) in [5.74, 6) is 5.05. The van der Waals surface area contributed by atoms with E-state index in [1.165, 1.54) is 0 Å². The molecule has 0 aliphatic carbocycles. The van der Waals surface area contributed by atoms with Crippen LogP contribution in [-0.4, -0.2) is 53.5 Å². The Kier molecular flexibility index (Phi) is 10.4. The van der Waals surface area contributed by atoms with E-state index in [1.807, 2.05) is 31.2 Å². The molecule has 0 saturated carbocycles. The Morgan fingerprint density at radius 3 is 2.28 bits per heavy atom. The van der Waals surface area contributed by atoms with E-state index < -0.39 is 36.0 Å². The van der Waals surface area contributed by atoms with Gasteiger partial charge in [-0.1, -0.05) is 30.9 Å². The predicted octanol–water partition coefficient (Wildman–Crippen LogP) is 2.79. The molecule has 2 aromatic carbocycles. The van der Waals surface area contributed by atoms with Gasteiger partial charge in [0, 0.05) is 36.1 Å². The van der Waals surface area contributed by atoms with Crippen LogP contribution in [0.2, 0.25) is 0 Å². The van der Waals surface area contributed by atoms with Gasteiger partial charge in [-0.2, -0.15) is 0 Å². The number of alkyl carbamates (subject to hydrolysis) is 1. The molecule has 0 radical (unpaired) electrons. The number of hydrogen-bond acceptors (Lipinski definition) is 6. The van der Waals surface area contributed by atoms with E-state index in [1.54, 1.807) is 45.0 Å². The normalized spacial score (nSPS) is 11.5. The zero-order valence-corrected chi connectivity index (χ0v) is 21.0. The van der Waals surface area contributed by atoms with E-state index in [0.717, 1.165) is 11.1 Å². The van der Waals surface area contributed by atoms with Crippen molar-refractivity contribution in [1.82, 2.24) is 10.6 Å². The van der Waals surface area contributed by atoms with E-state index in [4.69, 9.17) is 4.74 Å². The van der Waals surface area contributed by atoms with Crippen LogP contribution in [0.15, 0.2) is 48.5 Å². The smallest absolute Gasteiger partial charge is 0.407 e. The number of Topliss-reactive ketones (excluding diaryl/α,β-unsaturated/α-hetero) is 2. The molecule has 8 nitrogen and oxygen atoms in total. The zero-order valence-electron chi connectivity index (χ0n) is 21.0. The van der Waals surface area contributed by atoms with Crippen LogP contribution in [0.5, 0.6) is 0 Å². The van der Waals surface area contributed by atoms with Gasteiger partial charge < -0.3 is 20.5 Å². The highest BCUT2D eigenvalue weighted by molar-refractivity contribution is 5.98. The number of rotatable bonds is 9. The van der Waals surface area contributed by atoms with Crippen LogP contribution in [0.3, 0.4) is 0 Å². The molecule has 0 unspecified atom stereocenters. The minimum absolute atomic E-state index is 0.164. The number of amides is 2. The highest BCUT2D eigenvalue weighted by Gasteiger charge is 2.23. The molecule has 0 aromatic heterocycles. The highest BCUT2D eigenvalue weighted by atomic mass is 16.6. The van der Waals surface area contributed by atoms with Gasteiger partial charge in [-0.15, -0.1) is 0 Å². The number of carbonyl (C=O) groups is 4. The third-order valence-corrected chi connectivity index (χ3v) is 4.92. The van der Waals surface area contributed by atoms with Crippen molar-refractivity contribution >= 4 is 23.6 Å². The number of ketones is 2. The fourth-order valence-electron chi connectivity index (χ4n) is 3.06. The molecule has 0 spiro atoms. The standard InChI is InChI=1S/C28H32N2O6/c1-5-23(32)16-21-8-6-7-20(15-21)10-9-19-11-13-22(14-12-19)26(34)30-24(25(33)18-31)17-29-27(35)36-28(2,3)4/h6-8,11-15,24,31H,5,16-18H2,1-4H3,(H,29,35)(H,30,34)/t24-/m0/s1. The fraction of sp³-hybridized carbons (Fsp3) is 0.357. The molecule has 36 heavy (non-hydrogen) atoms. The molecule has 2 amide bonds. The van der Waals surface area contributed by atoms with Crippen LogP contribution in [0.1, 0.15) is 61.2 Å². The van der Waals surface area contributed by atoms with Crippen molar-refractivity contribution in [2.75, 3.05) is 13.2 Å². The maximum absolute atomic E-state index is 12.6. The van der Waals surface area contributed by atoms with Crippen LogP contribution < -0.4 is 10.6 Å². The molecule has 0 heterocycles. The number of benzene rings is 2. The van der Waals surface area contributed by atoms with Crippen LogP contribution in [-0.2, 0) is 20.7 Å². The van der Waals surface area contributed by atoms with E-state index in [0.29, 0.717) is 18.4 Å². The molecule has 0 fully saturated rings. The lowest BCUT2D eigenvalue weighted by atomic mass is 10.0. The number of carbonyl (C=O) groups excluding carboxylic acids is 4. The minimum Gasteiger partial charge on any atom is -0.444 e. The third kappa shape index (κ3) is 9.72. The lowest BCUT2D eigenvalue weighted by Gasteiger charge is -2.22. The molecular weight excluding hydrogens is 460 g/mol. The monoisotopic (exact) mass is 492 g/mol. The second kappa shape index (κ2) is 13.2. The Hall–Kier alpha value is -3.96. The van der Waals surface area contributed by atoms with Gasteiger partial charge in [0.25, 0.3) is 5.91 Å². The molecule has 3 N–H and O–H groups in total. The number of ether oxygens (including phenoxy) is 1. The summed E-state index contributed by atoms with van der Waals surface area (Å²) in [6, 6.07) is 12.9. The number of aliphatic hydroxyl groups excluding tert-OH is 1. The van der Waals surface area contributed by atoms with Crippen molar-refractivity contribution in [3.63, 3.8) is 0 Å². The van der Waals surface area contributed by atoms with Crippen molar-refractivity contribution in [3.05, 3.63) is 70.8 Å². The lowest BCUT2D eigenvalue weighted by Crippen LogP contribution is -2.50. The number of aliphatic hydroxyl groups is 1. The van der Waals surface area contributed by atoms with E-state index in [-0.39, 0.29) is 17.9 Å². The average Bonchev–Trinajstić information content (AvgIpc) is 2.84. The Morgan fingerprint density at radius 1 is 1.00 bits per heavy atom. The van der Waals surface area contributed by atoms with Gasteiger partial charge in [-0.05, 0) is 62.7 Å². The first-order chi connectivity index (χ1) is 17.0. The summed E-state index contributed by atoms with van der Waals surface area (Å²) in [6.07, 6.45) is 0.131. The van der Waals surface area contributed by atoms with Crippen LogP contribution in [0, 0.1) is 11.8 Å². The molecule has 0 aliphatic heterocycles. The fourth-order valence-corrected chi connectivity index (χ4v) is 3.06.